The molecule has 2 aromatic rings. The monoisotopic (exact) mass is 380 g/mol. The van der Waals surface area contributed by atoms with Crippen molar-refractivity contribution in [3.05, 3.63) is 71.8 Å². The molecule has 1 atom stereocenters. The van der Waals surface area contributed by atoms with Crippen LogP contribution in [0.4, 0.5) is 5.69 Å². The van der Waals surface area contributed by atoms with Gasteiger partial charge in [-0.2, -0.15) is 0 Å². The SMILES string of the molecule is C=C(C)COc1ccc(C2(C)Nc3ccccc3C(=O)N2CCCOC)cc1. The molecule has 0 aromatic heterocycles. The molecule has 1 unspecified atom stereocenters. The molecule has 0 spiro atoms. The van der Waals surface area contributed by atoms with E-state index in [9.17, 15) is 4.79 Å². The molecule has 28 heavy (non-hydrogen) atoms. The first-order valence-corrected chi connectivity index (χ1v) is 9.51. The smallest absolute Gasteiger partial charge is 0.258 e. The average molecular weight is 380 g/mol. The number of benzene rings is 2. The average Bonchev–Trinajstić information content (AvgIpc) is 2.69. The molecule has 1 N–H and O–H groups in total. The van der Waals surface area contributed by atoms with Crippen molar-refractivity contribution in [1.82, 2.24) is 4.90 Å². The number of hydrogen-bond acceptors (Lipinski definition) is 4. The predicted octanol–water partition coefficient (Wildman–Crippen LogP) is 4.42. The fraction of sp³-hybridized carbons (Fsp3) is 0.348. The number of nitrogens with zero attached hydrogens (tertiary/aromatic N) is 1. The van der Waals surface area contributed by atoms with E-state index in [0.717, 1.165) is 29.0 Å². The highest BCUT2D eigenvalue weighted by atomic mass is 16.5. The number of ether oxygens (including phenoxy) is 2. The van der Waals surface area contributed by atoms with Crippen LogP contribution in [0.5, 0.6) is 5.75 Å². The van der Waals surface area contributed by atoms with Crippen LogP contribution in [0.25, 0.3) is 0 Å². The number of rotatable bonds is 8. The van der Waals surface area contributed by atoms with Gasteiger partial charge in [0.2, 0.25) is 0 Å². The second-order valence-electron chi connectivity index (χ2n) is 7.32. The number of amides is 1. The van der Waals surface area contributed by atoms with Gasteiger partial charge in [-0.05, 0) is 55.7 Å². The van der Waals surface area contributed by atoms with Gasteiger partial charge in [0.1, 0.15) is 18.0 Å². The molecule has 0 saturated heterocycles. The summed E-state index contributed by atoms with van der Waals surface area (Å²) in [5, 5.41) is 3.58. The normalized spacial score (nSPS) is 18.4. The van der Waals surface area contributed by atoms with Crippen LogP contribution >= 0.6 is 0 Å². The lowest BCUT2D eigenvalue weighted by atomic mass is 9.93. The summed E-state index contributed by atoms with van der Waals surface area (Å²) in [5.74, 6) is 0.805. The summed E-state index contributed by atoms with van der Waals surface area (Å²) in [6, 6.07) is 15.5. The van der Waals surface area contributed by atoms with Crippen molar-refractivity contribution in [3.8, 4) is 5.75 Å². The molecule has 0 bridgehead atoms. The lowest BCUT2D eigenvalue weighted by Crippen LogP contribution is -2.56. The summed E-state index contributed by atoms with van der Waals surface area (Å²) in [6.07, 6.45) is 0.765. The van der Waals surface area contributed by atoms with Gasteiger partial charge in [0.15, 0.2) is 0 Å². The molecule has 2 aromatic carbocycles. The largest absolute Gasteiger partial charge is 0.489 e. The fourth-order valence-corrected chi connectivity index (χ4v) is 3.46. The second kappa shape index (κ2) is 8.48. The Balaban J connectivity index is 1.92. The molecule has 1 heterocycles. The van der Waals surface area contributed by atoms with Crippen LogP contribution in [0.1, 0.15) is 36.2 Å². The van der Waals surface area contributed by atoms with E-state index >= 15 is 0 Å². The molecule has 5 heteroatoms. The van der Waals surface area contributed by atoms with Crippen molar-refractivity contribution in [3.63, 3.8) is 0 Å². The summed E-state index contributed by atoms with van der Waals surface area (Å²) in [7, 11) is 1.68. The van der Waals surface area contributed by atoms with Crippen LogP contribution in [-0.4, -0.2) is 37.7 Å². The first-order valence-electron chi connectivity index (χ1n) is 9.51. The Morgan fingerprint density at radius 2 is 1.89 bits per heavy atom. The van der Waals surface area contributed by atoms with Gasteiger partial charge < -0.3 is 19.7 Å². The third-order valence-corrected chi connectivity index (χ3v) is 4.95. The number of nitrogens with one attached hydrogen (secondary N) is 1. The quantitative estimate of drug-likeness (QED) is 0.544. The van der Waals surface area contributed by atoms with Crippen molar-refractivity contribution in [1.29, 1.82) is 0 Å². The van der Waals surface area contributed by atoms with Crippen LogP contribution in [0, 0.1) is 0 Å². The van der Waals surface area contributed by atoms with Crippen LogP contribution in [0.15, 0.2) is 60.7 Å². The third-order valence-electron chi connectivity index (χ3n) is 4.95. The topological polar surface area (TPSA) is 50.8 Å². The van der Waals surface area contributed by atoms with Crippen molar-refractivity contribution in [2.24, 2.45) is 0 Å². The summed E-state index contributed by atoms with van der Waals surface area (Å²) < 4.78 is 10.9. The number of hydrogen-bond donors (Lipinski definition) is 1. The Morgan fingerprint density at radius 1 is 1.18 bits per heavy atom. The molecule has 3 rings (SSSR count). The molecule has 1 aliphatic rings. The van der Waals surface area contributed by atoms with E-state index in [1.54, 1.807) is 7.11 Å². The molecule has 5 nitrogen and oxygen atoms in total. The molecule has 0 aliphatic carbocycles. The molecule has 0 radical (unpaired) electrons. The lowest BCUT2D eigenvalue weighted by Gasteiger charge is -2.47. The Hall–Kier alpha value is -2.79. The van der Waals surface area contributed by atoms with Crippen LogP contribution in [0.2, 0.25) is 0 Å². The van der Waals surface area contributed by atoms with Crippen LogP contribution in [0.3, 0.4) is 0 Å². The summed E-state index contributed by atoms with van der Waals surface area (Å²) in [5.41, 5.74) is 2.85. The maximum atomic E-state index is 13.3. The Kier molecular flexibility index (Phi) is 6.05. The molecule has 0 saturated carbocycles. The minimum atomic E-state index is -0.661. The number of fused-ring (bicyclic) bond motifs is 1. The van der Waals surface area contributed by atoms with Crippen molar-refractivity contribution >= 4 is 11.6 Å². The molecular formula is C23H28N2O3. The fourth-order valence-electron chi connectivity index (χ4n) is 3.46. The first-order chi connectivity index (χ1) is 13.5. The number of methoxy groups -OCH3 is 1. The predicted molar refractivity (Wildman–Crippen MR) is 112 cm³/mol. The lowest BCUT2D eigenvalue weighted by molar-refractivity contribution is 0.0504. The van der Waals surface area contributed by atoms with E-state index in [4.69, 9.17) is 9.47 Å². The number of anilines is 1. The van der Waals surface area contributed by atoms with E-state index in [0.29, 0.717) is 25.3 Å². The highest BCUT2D eigenvalue weighted by molar-refractivity contribution is 6.02. The Morgan fingerprint density at radius 3 is 2.57 bits per heavy atom. The minimum Gasteiger partial charge on any atom is -0.489 e. The highest BCUT2D eigenvalue weighted by Crippen LogP contribution is 2.38. The van der Waals surface area contributed by atoms with E-state index in [1.165, 1.54) is 0 Å². The minimum absolute atomic E-state index is 0.0237. The number of carbonyl (C=O) groups excluding carboxylic acids is 1. The third kappa shape index (κ3) is 4.04. The van der Waals surface area contributed by atoms with Gasteiger partial charge in [-0.25, -0.2) is 0 Å². The van der Waals surface area contributed by atoms with E-state index in [2.05, 4.69) is 11.9 Å². The van der Waals surface area contributed by atoms with Gasteiger partial charge in [0.25, 0.3) is 5.91 Å². The zero-order valence-corrected chi connectivity index (χ0v) is 16.8. The van der Waals surface area contributed by atoms with Crippen LogP contribution < -0.4 is 10.1 Å². The summed E-state index contributed by atoms with van der Waals surface area (Å²) in [4.78, 5) is 15.1. The van der Waals surface area contributed by atoms with E-state index < -0.39 is 5.66 Å². The van der Waals surface area contributed by atoms with Gasteiger partial charge >= 0.3 is 0 Å². The highest BCUT2D eigenvalue weighted by Gasteiger charge is 2.42. The zero-order valence-electron chi connectivity index (χ0n) is 16.8. The van der Waals surface area contributed by atoms with Crippen molar-refractivity contribution in [2.75, 3.05) is 32.2 Å². The number of carbonyl (C=O) groups is 1. The van der Waals surface area contributed by atoms with Crippen molar-refractivity contribution in [2.45, 2.75) is 25.9 Å². The molecule has 148 valence electrons. The van der Waals surface area contributed by atoms with E-state index in [1.807, 2.05) is 67.3 Å². The first kappa shape index (κ1) is 20.0. The maximum absolute atomic E-state index is 13.3. The number of para-hydroxylation sites is 1. The molecular weight excluding hydrogens is 352 g/mol. The molecule has 1 aliphatic heterocycles. The summed E-state index contributed by atoms with van der Waals surface area (Å²) >= 11 is 0. The molecule has 0 fully saturated rings. The van der Waals surface area contributed by atoms with Gasteiger partial charge in [0.05, 0.1) is 5.56 Å². The second-order valence-corrected chi connectivity index (χ2v) is 7.32. The zero-order chi connectivity index (χ0) is 20.1. The van der Waals surface area contributed by atoms with Crippen molar-refractivity contribution < 1.29 is 14.3 Å². The van der Waals surface area contributed by atoms with Gasteiger partial charge in [0, 0.05) is 25.9 Å². The maximum Gasteiger partial charge on any atom is 0.258 e. The Bertz CT molecular complexity index is 847. The van der Waals surface area contributed by atoms with Gasteiger partial charge in [-0.1, -0.05) is 30.8 Å². The van der Waals surface area contributed by atoms with Crippen LogP contribution in [-0.2, 0) is 10.4 Å². The van der Waals surface area contributed by atoms with Gasteiger partial charge in [-0.15, -0.1) is 0 Å². The van der Waals surface area contributed by atoms with Gasteiger partial charge in [-0.3, -0.25) is 4.79 Å². The molecule has 1 amide bonds. The Labute approximate surface area is 167 Å². The summed E-state index contributed by atoms with van der Waals surface area (Å²) in [6.45, 7) is 9.52. The standard InChI is InChI=1S/C23H28N2O3/c1-17(2)16-28-19-12-10-18(11-13-19)23(3)24-21-9-6-5-8-20(21)22(26)25(23)14-7-15-27-4/h5-6,8-13,24H,1,7,14-16H2,2-4H3. The van der Waals surface area contributed by atoms with E-state index in [-0.39, 0.29) is 5.91 Å².